The average Bonchev–Trinajstić information content (AvgIpc) is 3.84. The van der Waals surface area contributed by atoms with E-state index in [9.17, 15) is 10.5 Å². The summed E-state index contributed by atoms with van der Waals surface area (Å²) in [6, 6.07) is 49.3. The molecular weight excluding hydrogens is 647 g/mol. The van der Waals surface area contributed by atoms with Gasteiger partial charge in [-0.1, -0.05) is 79.7 Å². The fourth-order valence-electron chi connectivity index (χ4n) is 8.13. The molecule has 5 heteroatoms. The van der Waals surface area contributed by atoms with Crippen LogP contribution >= 0.6 is 23.1 Å². The molecule has 1 aliphatic heterocycles. The molecule has 1 aliphatic carbocycles. The monoisotopic (exact) mass is 673 g/mol. The van der Waals surface area contributed by atoms with Crippen LogP contribution in [-0.4, -0.2) is 9.82 Å². The van der Waals surface area contributed by atoms with E-state index in [0.717, 1.165) is 39.0 Å². The Bertz CT molecular complexity index is 2800. The van der Waals surface area contributed by atoms with E-state index in [2.05, 4.69) is 127 Å². The SMILES string of the molecule is CC1c2c(sc3ccc(-c4cccc(C#N)c4-n4c5ccccc5c5ccccc54)cc23)C=C2c3cc(-c4cccc(C#N)c4)ccc3SC21. The highest BCUT2D eigenvalue weighted by atomic mass is 32.2. The number of para-hydroxylation sites is 3. The van der Waals surface area contributed by atoms with Crippen LogP contribution in [0.4, 0.5) is 0 Å². The molecule has 10 rings (SSSR count). The zero-order valence-electron chi connectivity index (χ0n) is 27.0. The summed E-state index contributed by atoms with van der Waals surface area (Å²) in [7, 11) is 0. The molecule has 0 saturated heterocycles. The third-order valence-corrected chi connectivity index (χ3v) is 13.1. The molecule has 50 heavy (non-hydrogen) atoms. The molecule has 2 atom stereocenters. The summed E-state index contributed by atoms with van der Waals surface area (Å²) in [6.07, 6.45) is 2.43. The molecule has 0 bridgehead atoms. The molecular formula is C45H27N3S2. The molecule has 6 aromatic carbocycles. The van der Waals surface area contributed by atoms with E-state index in [-0.39, 0.29) is 0 Å². The van der Waals surface area contributed by atoms with Gasteiger partial charge in [0.2, 0.25) is 0 Å². The van der Waals surface area contributed by atoms with Gasteiger partial charge in [0.05, 0.1) is 33.9 Å². The van der Waals surface area contributed by atoms with Gasteiger partial charge in [-0.05, 0) is 105 Å². The topological polar surface area (TPSA) is 52.5 Å². The first-order valence-electron chi connectivity index (χ1n) is 16.7. The van der Waals surface area contributed by atoms with Gasteiger partial charge in [0.1, 0.15) is 6.07 Å². The highest BCUT2D eigenvalue weighted by molar-refractivity contribution is 8.01. The third kappa shape index (κ3) is 4.21. The summed E-state index contributed by atoms with van der Waals surface area (Å²) in [5.41, 5.74) is 12.9. The quantitative estimate of drug-likeness (QED) is 0.188. The molecule has 0 spiro atoms. The number of nitriles is 2. The Kier molecular flexibility index (Phi) is 6.45. The number of thiophene rings is 1. The van der Waals surface area contributed by atoms with Crippen molar-refractivity contribution in [3.63, 3.8) is 0 Å². The summed E-state index contributed by atoms with van der Waals surface area (Å²) in [5, 5.41) is 23.9. The van der Waals surface area contributed by atoms with Gasteiger partial charge >= 0.3 is 0 Å². The summed E-state index contributed by atoms with van der Waals surface area (Å²) in [6.45, 7) is 2.38. The van der Waals surface area contributed by atoms with Gasteiger partial charge in [0, 0.05) is 36.1 Å². The lowest BCUT2D eigenvalue weighted by Gasteiger charge is -2.25. The molecule has 3 heterocycles. The van der Waals surface area contributed by atoms with Crippen LogP contribution in [0, 0.1) is 22.7 Å². The first-order valence-corrected chi connectivity index (χ1v) is 18.4. The minimum absolute atomic E-state index is 0.319. The van der Waals surface area contributed by atoms with Gasteiger partial charge in [0.15, 0.2) is 0 Å². The van der Waals surface area contributed by atoms with Crippen molar-refractivity contribution in [3.05, 3.63) is 155 Å². The maximum absolute atomic E-state index is 10.4. The molecule has 0 saturated carbocycles. The lowest BCUT2D eigenvalue weighted by atomic mass is 9.83. The molecule has 2 unspecified atom stereocenters. The standard InChI is InChI=1S/C45H27N3S2/c1-26-43-37-22-30(32-13-7-10-31(25-47)44(32)48-38-14-4-2-11-33(38)34-12-3-5-15-39(34)48)17-19-41(37)49-42(43)23-36-35-21-29(16-18-40(35)50-45(26)36)28-9-6-8-27(20-28)24-46/h2-23,26,45H,1H3. The van der Waals surface area contributed by atoms with Crippen molar-refractivity contribution in [1.82, 2.24) is 4.57 Å². The first kappa shape index (κ1) is 29.1. The molecule has 2 aliphatic rings. The van der Waals surface area contributed by atoms with Gasteiger partial charge in [0.25, 0.3) is 0 Å². The molecule has 3 nitrogen and oxygen atoms in total. The summed E-state index contributed by atoms with van der Waals surface area (Å²) in [5.74, 6) is 0.319. The van der Waals surface area contributed by atoms with Gasteiger partial charge in [-0.3, -0.25) is 0 Å². The molecule has 0 amide bonds. The van der Waals surface area contributed by atoms with Crippen LogP contribution < -0.4 is 0 Å². The summed E-state index contributed by atoms with van der Waals surface area (Å²) < 4.78 is 3.56. The van der Waals surface area contributed by atoms with Crippen LogP contribution in [-0.2, 0) is 0 Å². The van der Waals surface area contributed by atoms with Crippen molar-refractivity contribution >= 4 is 66.6 Å². The van der Waals surface area contributed by atoms with Crippen molar-refractivity contribution in [2.45, 2.75) is 23.0 Å². The van der Waals surface area contributed by atoms with E-state index in [0.29, 0.717) is 22.3 Å². The number of thioether (sulfide) groups is 1. The fraction of sp³-hybridized carbons (Fsp3) is 0.0667. The number of nitrogens with zero attached hydrogens (tertiary/aromatic N) is 3. The Balaban J connectivity index is 1.13. The Morgan fingerprint density at radius 1 is 0.640 bits per heavy atom. The zero-order chi connectivity index (χ0) is 33.5. The highest BCUT2D eigenvalue weighted by Gasteiger charge is 2.38. The van der Waals surface area contributed by atoms with Crippen molar-refractivity contribution < 1.29 is 0 Å². The van der Waals surface area contributed by atoms with Crippen molar-refractivity contribution in [2.75, 3.05) is 0 Å². The van der Waals surface area contributed by atoms with E-state index in [4.69, 9.17) is 0 Å². The number of aromatic nitrogens is 1. The van der Waals surface area contributed by atoms with Crippen molar-refractivity contribution in [2.24, 2.45) is 0 Å². The van der Waals surface area contributed by atoms with Crippen LogP contribution in [0.25, 0.3) is 71.5 Å². The van der Waals surface area contributed by atoms with Gasteiger partial charge < -0.3 is 4.57 Å². The van der Waals surface area contributed by atoms with Crippen molar-refractivity contribution in [3.8, 4) is 40.1 Å². The minimum Gasteiger partial charge on any atom is -0.307 e. The Morgan fingerprint density at radius 2 is 1.38 bits per heavy atom. The maximum Gasteiger partial charge on any atom is 0.101 e. The van der Waals surface area contributed by atoms with Gasteiger partial charge in [-0.25, -0.2) is 0 Å². The third-order valence-electron chi connectivity index (χ3n) is 10.4. The number of hydrogen-bond acceptors (Lipinski definition) is 4. The van der Waals surface area contributed by atoms with E-state index >= 15 is 0 Å². The first-order chi connectivity index (χ1) is 24.6. The normalized spacial score (nSPS) is 16.1. The second-order valence-electron chi connectivity index (χ2n) is 13.1. The van der Waals surface area contributed by atoms with E-state index < -0.39 is 0 Å². The maximum atomic E-state index is 10.4. The largest absolute Gasteiger partial charge is 0.307 e. The van der Waals surface area contributed by atoms with E-state index in [1.54, 1.807) is 0 Å². The molecule has 0 fully saturated rings. The van der Waals surface area contributed by atoms with Gasteiger partial charge in [-0.2, -0.15) is 10.5 Å². The van der Waals surface area contributed by atoms with Crippen LogP contribution in [0.1, 0.15) is 40.0 Å². The van der Waals surface area contributed by atoms with Gasteiger partial charge in [-0.15, -0.1) is 23.1 Å². The molecule has 8 aromatic rings. The fourth-order valence-corrected chi connectivity index (χ4v) is 10.8. The molecule has 0 radical (unpaired) electrons. The Hall–Kier alpha value is -5.85. The number of benzene rings is 6. The van der Waals surface area contributed by atoms with Crippen LogP contribution in [0.5, 0.6) is 0 Å². The molecule has 234 valence electrons. The lowest BCUT2D eigenvalue weighted by Crippen LogP contribution is -2.14. The summed E-state index contributed by atoms with van der Waals surface area (Å²) in [4.78, 5) is 2.65. The number of hydrogen-bond donors (Lipinski definition) is 0. The second-order valence-corrected chi connectivity index (χ2v) is 15.4. The van der Waals surface area contributed by atoms with Crippen LogP contribution in [0.15, 0.2) is 132 Å². The Labute approximate surface area is 298 Å². The Morgan fingerprint density at radius 3 is 2.16 bits per heavy atom. The average molecular weight is 674 g/mol. The summed E-state index contributed by atoms with van der Waals surface area (Å²) >= 11 is 3.84. The smallest absolute Gasteiger partial charge is 0.101 e. The van der Waals surface area contributed by atoms with E-state index in [1.807, 2.05) is 53.4 Å². The van der Waals surface area contributed by atoms with Crippen LogP contribution in [0.3, 0.4) is 0 Å². The number of rotatable bonds is 3. The van der Waals surface area contributed by atoms with Crippen molar-refractivity contribution in [1.29, 1.82) is 10.5 Å². The second kappa shape index (κ2) is 11.1. The zero-order valence-corrected chi connectivity index (χ0v) is 28.6. The molecule has 2 aromatic heterocycles. The minimum atomic E-state index is 0.319. The predicted molar refractivity (Wildman–Crippen MR) is 209 cm³/mol. The van der Waals surface area contributed by atoms with Crippen LogP contribution in [0.2, 0.25) is 0 Å². The highest BCUT2D eigenvalue weighted by Crippen LogP contribution is 2.57. The lowest BCUT2D eigenvalue weighted by molar-refractivity contribution is 0.816. The van der Waals surface area contributed by atoms with E-state index in [1.165, 1.54) is 47.3 Å². The number of fused-ring (bicyclic) bond motifs is 9. The molecule has 0 N–H and O–H groups in total. The predicted octanol–water partition coefficient (Wildman–Crippen LogP) is 12.2.